The summed E-state index contributed by atoms with van der Waals surface area (Å²) < 4.78 is 32.3. The standard InChI is InChI=1S/C27H24F2N2/c1-16-10-8-13-18-19-14-9-15-20-23(19)31-24(26(2,3)27(20,28)29)22(17-11-6-5-7-12-17)30(4)25(31)21(16)18/h5-13,15H,14H2,1-4H3. The summed E-state index contributed by atoms with van der Waals surface area (Å²) in [5, 5.41) is 2.21. The van der Waals surface area contributed by atoms with Crippen LogP contribution in [0.25, 0.3) is 17.1 Å². The van der Waals surface area contributed by atoms with Crippen LogP contribution in [0.1, 0.15) is 31.4 Å². The molecule has 31 heavy (non-hydrogen) atoms. The second kappa shape index (κ2) is 5.76. The number of benzene rings is 2. The van der Waals surface area contributed by atoms with Crippen LogP contribution in [0.3, 0.4) is 0 Å². The van der Waals surface area contributed by atoms with Gasteiger partial charge < -0.3 is 4.90 Å². The van der Waals surface area contributed by atoms with Gasteiger partial charge in [-0.05, 0) is 43.5 Å². The van der Waals surface area contributed by atoms with Gasteiger partial charge in [0.2, 0.25) is 0 Å². The lowest BCUT2D eigenvalue weighted by atomic mass is 9.70. The summed E-state index contributed by atoms with van der Waals surface area (Å²) in [6, 6.07) is 16.1. The molecule has 0 aromatic heterocycles. The fourth-order valence-corrected chi connectivity index (χ4v) is 5.71. The molecule has 0 saturated heterocycles. The summed E-state index contributed by atoms with van der Waals surface area (Å²) in [5.41, 5.74) is 4.08. The van der Waals surface area contributed by atoms with E-state index in [2.05, 4.69) is 28.9 Å². The Labute approximate surface area is 180 Å². The van der Waals surface area contributed by atoms with Crippen LogP contribution in [0.4, 0.5) is 8.78 Å². The fraction of sp³-hybridized carbons (Fsp3) is 0.259. The molecule has 2 aromatic carbocycles. The van der Waals surface area contributed by atoms with Crippen LogP contribution >= 0.6 is 0 Å². The van der Waals surface area contributed by atoms with Gasteiger partial charge in [0, 0.05) is 23.4 Å². The molecule has 3 heterocycles. The first kappa shape index (κ1) is 18.6. The van der Waals surface area contributed by atoms with Crippen LogP contribution in [0.2, 0.25) is 0 Å². The summed E-state index contributed by atoms with van der Waals surface area (Å²) in [7, 11) is 2.01. The van der Waals surface area contributed by atoms with Crippen LogP contribution in [0.15, 0.2) is 77.7 Å². The third-order valence-corrected chi connectivity index (χ3v) is 7.27. The van der Waals surface area contributed by atoms with Crippen molar-refractivity contribution in [2.75, 3.05) is 7.05 Å². The van der Waals surface area contributed by atoms with Crippen molar-refractivity contribution in [3.8, 4) is 0 Å². The number of aryl methyl sites for hydroxylation is 1. The molecule has 0 N–H and O–H groups in total. The molecule has 156 valence electrons. The normalized spacial score (nSPS) is 22.3. The second-order valence-corrected chi connectivity index (χ2v) is 9.33. The topological polar surface area (TPSA) is 6.48 Å². The molecule has 0 fully saturated rings. The van der Waals surface area contributed by atoms with Gasteiger partial charge in [0.05, 0.1) is 22.5 Å². The monoisotopic (exact) mass is 414 g/mol. The molecule has 0 spiro atoms. The molecular formula is C27H24F2N2. The van der Waals surface area contributed by atoms with Gasteiger partial charge in [-0.25, -0.2) is 8.78 Å². The van der Waals surface area contributed by atoms with Crippen molar-refractivity contribution in [2.45, 2.75) is 33.1 Å². The molecule has 0 atom stereocenters. The van der Waals surface area contributed by atoms with Crippen LogP contribution in [-0.2, 0) is 0 Å². The molecule has 2 nitrogen and oxygen atoms in total. The highest BCUT2D eigenvalue weighted by atomic mass is 19.3. The maximum absolute atomic E-state index is 16.1. The van der Waals surface area contributed by atoms with E-state index in [0.29, 0.717) is 17.8 Å². The number of halogens is 2. The van der Waals surface area contributed by atoms with Crippen molar-refractivity contribution < 1.29 is 8.78 Å². The van der Waals surface area contributed by atoms with Gasteiger partial charge in [0.1, 0.15) is 5.82 Å². The minimum atomic E-state index is -2.99. The molecular weight excluding hydrogens is 390 g/mol. The lowest BCUT2D eigenvalue weighted by Gasteiger charge is -2.48. The van der Waals surface area contributed by atoms with Crippen molar-refractivity contribution in [2.24, 2.45) is 5.41 Å². The van der Waals surface area contributed by atoms with Crippen molar-refractivity contribution in [3.63, 3.8) is 0 Å². The Morgan fingerprint density at radius 1 is 0.935 bits per heavy atom. The summed E-state index contributed by atoms with van der Waals surface area (Å²) in [4.78, 5) is 4.27. The van der Waals surface area contributed by atoms with E-state index in [1.807, 2.05) is 49.5 Å². The summed E-state index contributed by atoms with van der Waals surface area (Å²) >= 11 is 0. The Morgan fingerprint density at radius 2 is 1.68 bits per heavy atom. The van der Waals surface area contributed by atoms with Crippen molar-refractivity contribution >= 4 is 17.1 Å². The average molecular weight is 414 g/mol. The lowest BCUT2D eigenvalue weighted by Crippen LogP contribution is -2.53. The summed E-state index contributed by atoms with van der Waals surface area (Å²) in [6.45, 7) is 5.47. The van der Waals surface area contributed by atoms with E-state index in [-0.39, 0.29) is 5.57 Å². The minimum Gasteiger partial charge on any atom is -0.328 e. The molecule has 0 saturated carbocycles. The number of hydrogen-bond donors (Lipinski definition) is 0. The number of alkyl halides is 2. The summed E-state index contributed by atoms with van der Waals surface area (Å²) in [6.07, 6.45) is 4.20. The predicted molar refractivity (Wildman–Crippen MR) is 120 cm³/mol. The number of hydrogen-bond acceptors (Lipinski definition) is 2. The SMILES string of the molecule is Cc1cccc2c1=C1N(C)C(c3ccccc3)=C3N1C1=C(C=CCC=21)C(F)(F)C3(C)C. The molecule has 2 aromatic rings. The Morgan fingerprint density at radius 3 is 2.42 bits per heavy atom. The number of fused-ring (bicyclic) bond motifs is 1. The highest BCUT2D eigenvalue weighted by molar-refractivity contribution is 5.88. The Balaban J connectivity index is 1.87. The predicted octanol–water partition coefficient (Wildman–Crippen LogP) is 4.73. The van der Waals surface area contributed by atoms with E-state index in [1.165, 1.54) is 0 Å². The maximum Gasteiger partial charge on any atom is 0.285 e. The van der Waals surface area contributed by atoms with E-state index in [1.54, 1.807) is 19.9 Å². The van der Waals surface area contributed by atoms with Crippen molar-refractivity contribution in [1.29, 1.82) is 0 Å². The Kier molecular flexibility index (Phi) is 3.46. The largest absolute Gasteiger partial charge is 0.328 e. The zero-order chi connectivity index (χ0) is 21.7. The number of nitrogens with zero attached hydrogens (tertiary/aromatic N) is 2. The maximum atomic E-state index is 16.1. The van der Waals surface area contributed by atoms with E-state index in [4.69, 9.17) is 0 Å². The smallest absolute Gasteiger partial charge is 0.285 e. The Bertz CT molecular complexity index is 1370. The molecule has 4 heteroatoms. The molecule has 0 unspecified atom stereocenters. The van der Waals surface area contributed by atoms with Gasteiger partial charge in [-0.1, -0.05) is 60.7 Å². The van der Waals surface area contributed by atoms with E-state index < -0.39 is 11.3 Å². The highest BCUT2D eigenvalue weighted by Crippen LogP contribution is 2.62. The van der Waals surface area contributed by atoms with Gasteiger partial charge in [-0.2, -0.15) is 0 Å². The molecule has 4 aliphatic rings. The highest BCUT2D eigenvalue weighted by Gasteiger charge is 2.62. The van der Waals surface area contributed by atoms with Gasteiger partial charge >= 0.3 is 0 Å². The Hall–Kier alpha value is -3.14. The minimum absolute atomic E-state index is 0.134. The molecule has 0 amide bonds. The molecule has 6 rings (SSSR count). The first-order chi connectivity index (χ1) is 14.8. The summed E-state index contributed by atoms with van der Waals surface area (Å²) in [5.74, 6) is -2.01. The van der Waals surface area contributed by atoms with E-state index >= 15 is 8.78 Å². The van der Waals surface area contributed by atoms with Crippen molar-refractivity contribution in [1.82, 2.24) is 9.80 Å². The van der Waals surface area contributed by atoms with E-state index in [9.17, 15) is 0 Å². The van der Waals surface area contributed by atoms with Crippen LogP contribution in [0, 0.1) is 12.3 Å². The third-order valence-electron chi connectivity index (χ3n) is 7.27. The zero-order valence-corrected chi connectivity index (χ0v) is 18.1. The quantitative estimate of drug-likeness (QED) is 0.666. The molecule has 3 aliphatic heterocycles. The van der Waals surface area contributed by atoms with Crippen molar-refractivity contribution in [3.05, 3.63) is 99.2 Å². The van der Waals surface area contributed by atoms with Gasteiger partial charge in [-0.3, -0.25) is 4.90 Å². The molecule has 1 aliphatic carbocycles. The lowest BCUT2D eigenvalue weighted by molar-refractivity contribution is -0.0641. The fourth-order valence-electron chi connectivity index (χ4n) is 5.71. The third kappa shape index (κ3) is 2.06. The first-order valence-electron chi connectivity index (χ1n) is 10.7. The second-order valence-electron chi connectivity index (χ2n) is 9.33. The number of rotatable bonds is 1. The first-order valence-corrected chi connectivity index (χ1v) is 10.7. The van der Waals surface area contributed by atoms with Gasteiger partial charge in [0.25, 0.3) is 5.92 Å². The van der Waals surface area contributed by atoms with Crippen LogP contribution in [0.5, 0.6) is 0 Å². The average Bonchev–Trinajstić information content (AvgIpc) is 3.07. The number of allylic oxidation sites excluding steroid dienone is 5. The zero-order valence-electron chi connectivity index (χ0n) is 18.1. The van der Waals surface area contributed by atoms with Gasteiger partial charge in [-0.15, -0.1) is 0 Å². The molecule has 0 bridgehead atoms. The molecule has 0 radical (unpaired) electrons. The van der Waals surface area contributed by atoms with Crippen LogP contribution < -0.4 is 10.4 Å². The van der Waals surface area contributed by atoms with E-state index in [0.717, 1.165) is 38.7 Å². The van der Waals surface area contributed by atoms with Gasteiger partial charge in [0.15, 0.2) is 0 Å². The van der Waals surface area contributed by atoms with Crippen LogP contribution in [-0.4, -0.2) is 22.8 Å².